The van der Waals surface area contributed by atoms with Crippen LogP contribution in [0.4, 0.5) is 0 Å². The predicted molar refractivity (Wildman–Crippen MR) is 88.3 cm³/mol. The molecule has 5 nitrogen and oxygen atoms in total. The highest BCUT2D eigenvalue weighted by Gasteiger charge is 2.20. The predicted octanol–water partition coefficient (Wildman–Crippen LogP) is 2.56. The van der Waals surface area contributed by atoms with E-state index in [2.05, 4.69) is 0 Å². The molecule has 1 aromatic heterocycles. The van der Waals surface area contributed by atoms with Gasteiger partial charge in [0.05, 0.1) is 17.0 Å². The van der Waals surface area contributed by atoms with Gasteiger partial charge in [0, 0.05) is 11.6 Å². The van der Waals surface area contributed by atoms with Crippen LogP contribution in [-0.2, 0) is 10.0 Å². The molecule has 120 valence electrons. The first kappa shape index (κ1) is 15.6. The van der Waals surface area contributed by atoms with Gasteiger partial charge in [-0.3, -0.25) is 0 Å². The summed E-state index contributed by atoms with van der Waals surface area (Å²) in [6.45, 7) is 1.94. The minimum atomic E-state index is -3.66. The van der Waals surface area contributed by atoms with Crippen molar-refractivity contribution in [2.24, 2.45) is 0 Å². The standard InChI is InChI=1S/C17H17NO4S/c1-13-11-16-15(17(12-13)22-10-9-19)7-8-18(16)23(20,21)14-5-3-2-4-6-14/h2-8,11-12,19H,9-10H2,1H3. The van der Waals surface area contributed by atoms with Gasteiger partial charge in [0.15, 0.2) is 0 Å². The van der Waals surface area contributed by atoms with Crippen LogP contribution in [0.25, 0.3) is 10.9 Å². The van der Waals surface area contributed by atoms with Crippen molar-refractivity contribution >= 4 is 20.9 Å². The van der Waals surface area contributed by atoms with Crippen LogP contribution in [0.2, 0.25) is 0 Å². The number of hydrogen-bond donors (Lipinski definition) is 1. The molecular weight excluding hydrogens is 314 g/mol. The maximum absolute atomic E-state index is 12.8. The van der Waals surface area contributed by atoms with Crippen molar-refractivity contribution in [1.82, 2.24) is 3.97 Å². The molecule has 0 aliphatic rings. The van der Waals surface area contributed by atoms with Crippen LogP contribution in [0.1, 0.15) is 5.56 Å². The van der Waals surface area contributed by atoms with E-state index in [1.807, 2.05) is 19.1 Å². The highest BCUT2D eigenvalue weighted by molar-refractivity contribution is 7.90. The van der Waals surface area contributed by atoms with E-state index in [-0.39, 0.29) is 18.1 Å². The minimum Gasteiger partial charge on any atom is -0.490 e. The average molecular weight is 331 g/mol. The Kier molecular flexibility index (Phi) is 4.11. The fraction of sp³-hybridized carbons (Fsp3) is 0.176. The van der Waals surface area contributed by atoms with E-state index in [0.29, 0.717) is 16.7 Å². The lowest BCUT2D eigenvalue weighted by Crippen LogP contribution is -2.11. The lowest BCUT2D eigenvalue weighted by molar-refractivity contribution is 0.203. The molecule has 6 heteroatoms. The zero-order valence-electron chi connectivity index (χ0n) is 12.6. The Bertz CT molecular complexity index is 930. The summed E-state index contributed by atoms with van der Waals surface area (Å²) in [5, 5.41) is 9.62. The maximum atomic E-state index is 12.8. The monoisotopic (exact) mass is 331 g/mol. The molecule has 1 heterocycles. The van der Waals surface area contributed by atoms with Crippen molar-refractivity contribution in [2.75, 3.05) is 13.2 Å². The van der Waals surface area contributed by atoms with Gasteiger partial charge in [-0.25, -0.2) is 12.4 Å². The summed E-state index contributed by atoms with van der Waals surface area (Å²) in [6, 6.07) is 13.7. The molecule has 23 heavy (non-hydrogen) atoms. The van der Waals surface area contributed by atoms with Crippen molar-refractivity contribution < 1.29 is 18.3 Å². The Morgan fingerprint density at radius 1 is 1.13 bits per heavy atom. The fourth-order valence-corrected chi connectivity index (χ4v) is 3.87. The third-order valence-corrected chi connectivity index (χ3v) is 5.23. The van der Waals surface area contributed by atoms with E-state index in [4.69, 9.17) is 9.84 Å². The second-order valence-corrected chi connectivity index (χ2v) is 7.01. The number of aromatic nitrogens is 1. The van der Waals surface area contributed by atoms with Gasteiger partial charge in [0.25, 0.3) is 10.0 Å². The van der Waals surface area contributed by atoms with Gasteiger partial charge in [0.1, 0.15) is 12.4 Å². The first-order valence-corrected chi connectivity index (χ1v) is 8.64. The molecule has 0 fully saturated rings. The Morgan fingerprint density at radius 2 is 1.87 bits per heavy atom. The number of aliphatic hydroxyl groups is 1. The molecule has 0 radical (unpaired) electrons. The van der Waals surface area contributed by atoms with Crippen LogP contribution in [0.3, 0.4) is 0 Å². The topological polar surface area (TPSA) is 68.5 Å². The molecular formula is C17H17NO4S. The van der Waals surface area contributed by atoms with E-state index in [0.717, 1.165) is 5.56 Å². The number of aryl methyl sites for hydroxylation is 1. The van der Waals surface area contributed by atoms with Crippen molar-refractivity contribution in [3.63, 3.8) is 0 Å². The van der Waals surface area contributed by atoms with Gasteiger partial charge in [0.2, 0.25) is 0 Å². The Balaban J connectivity index is 2.18. The average Bonchev–Trinajstić information content (AvgIpc) is 2.98. The van der Waals surface area contributed by atoms with Crippen molar-refractivity contribution in [3.8, 4) is 5.75 Å². The molecule has 0 unspecified atom stereocenters. The molecule has 0 atom stereocenters. The molecule has 0 saturated carbocycles. The molecule has 0 spiro atoms. The highest BCUT2D eigenvalue weighted by Crippen LogP contribution is 2.30. The van der Waals surface area contributed by atoms with Crippen LogP contribution < -0.4 is 4.74 Å². The summed E-state index contributed by atoms with van der Waals surface area (Å²) in [5.74, 6) is 0.566. The van der Waals surface area contributed by atoms with Crippen LogP contribution >= 0.6 is 0 Å². The number of fused-ring (bicyclic) bond motifs is 1. The van der Waals surface area contributed by atoms with E-state index in [1.54, 1.807) is 36.4 Å². The quantitative estimate of drug-likeness (QED) is 0.780. The molecule has 0 bridgehead atoms. The first-order chi connectivity index (χ1) is 11.0. The Hall–Kier alpha value is -2.31. The van der Waals surface area contributed by atoms with Crippen LogP contribution in [-0.4, -0.2) is 30.7 Å². The molecule has 2 aromatic carbocycles. The smallest absolute Gasteiger partial charge is 0.268 e. The molecule has 0 amide bonds. The third kappa shape index (κ3) is 2.83. The third-order valence-electron chi connectivity index (χ3n) is 3.53. The summed E-state index contributed by atoms with van der Waals surface area (Å²) in [4.78, 5) is 0.233. The van der Waals surface area contributed by atoms with E-state index >= 15 is 0 Å². The summed E-state index contributed by atoms with van der Waals surface area (Å²) >= 11 is 0. The molecule has 0 saturated heterocycles. The zero-order chi connectivity index (χ0) is 16.4. The molecule has 1 N–H and O–H groups in total. The highest BCUT2D eigenvalue weighted by atomic mass is 32.2. The summed E-state index contributed by atoms with van der Waals surface area (Å²) in [5.41, 5.74) is 1.44. The van der Waals surface area contributed by atoms with Crippen molar-refractivity contribution in [2.45, 2.75) is 11.8 Å². The summed E-state index contributed by atoms with van der Waals surface area (Å²) in [6.07, 6.45) is 1.53. The van der Waals surface area contributed by atoms with E-state index in [9.17, 15) is 8.42 Å². The number of benzene rings is 2. The number of hydrogen-bond acceptors (Lipinski definition) is 4. The SMILES string of the molecule is Cc1cc(OCCO)c2ccn(S(=O)(=O)c3ccccc3)c2c1. The number of nitrogens with zero attached hydrogens (tertiary/aromatic N) is 1. The van der Waals surface area contributed by atoms with E-state index < -0.39 is 10.0 Å². The maximum Gasteiger partial charge on any atom is 0.268 e. The van der Waals surface area contributed by atoms with Gasteiger partial charge < -0.3 is 9.84 Å². The number of ether oxygens (including phenoxy) is 1. The van der Waals surface area contributed by atoms with Crippen molar-refractivity contribution in [1.29, 1.82) is 0 Å². The summed E-state index contributed by atoms with van der Waals surface area (Å²) < 4.78 is 32.4. The van der Waals surface area contributed by atoms with Gasteiger partial charge in [-0.15, -0.1) is 0 Å². The second-order valence-electron chi connectivity index (χ2n) is 5.20. The normalized spacial score (nSPS) is 11.7. The van der Waals surface area contributed by atoms with Crippen LogP contribution in [0, 0.1) is 6.92 Å². The largest absolute Gasteiger partial charge is 0.490 e. The number of aliphatic hydroxyl groups excluding tert-OH is 1. The van der Waals surface area contributed by atoms with Gasteiger partial charge in [-0.05, 0) is 42.8 Å². The van der Waals surface area contributed by atoms with Crippen LogP contribution in [0.15, 0.2) is 59.6 Å². The first-order valence-electron chi connectivity index (χ1n) is 7.20. The lowest BCUT2D eigenvalue weighted by atomic mass is 10.1. The van der Waals surface area contributed by atoms with Gasteiger partial charge in [-0.2, -0.15) is 0 Å². The second kappa shape index (κ2) is 6.06. The van der Waals surface area contributed by atoms with Gasteiger partial charge in [-0.1, -0.05) is 18.2 Å². The van der Waals surface area contributed by atoms with Gasteiger partial charge >= 0.3 is 0 Å². The molecule has 3 rings (SSSR count). The minimum absolute atomic E-state index is 0.0988. The Morgan fingerprint density at radius 3 is 2.57 bits per heavy atom. The molecule has 0 aliphatic carbocycles. The molecule has 0 aliphatic heterocycles. The number of rotatable bonds is 5. The fourth-order valence-electron chi connectivity index (χ4n) is 2.51. The Labute approximate surface area is 134 Å². The van der Waals surface area contributed by atoms with Crippen molar-refractivity contribution in [3.05, 3.63) is 60.3 Å². The lowest BCUT2D eigenvalue weighted by Gasteiger charge is -2.10. The summed E-state index contributed by atoms with van der Waals surface area (Å²) in [7, 11) is -3.66. The zero-order valence-corrected chi connectivity index (χ0v) is 13.5. The molecule has 3 aromatic rings. The van der Waals surface area contributed by atoms with Crippen LogP contribution in [0.5, 0.6) is 5.75 Å². The van der Waals surface area contributed by atoms with E-state index in [1.165, 1.54) is 10.2 Å².